The van der Waals surface area contributed by atoms with Crippen molar-refractivity contribution in [3.05, 3.63) is 0 Å². The number of carboxylic acid groups (broad SMARTS) is 1. The number of carboxylic acids is 1. The van der Waals surface area contributed by atoms with Crippen molar-refractivity contribution in [2.24, 2.45) is 0 Å². The molecule has 0 aromatic heterocycles. The van der Waals surface area contributed by atoms with Gasteiger partial charge in [-0.05, 0) is 12.2 Å². The van der Waals surface area contributed by atoms with E-state index >= 15 is 0 Å². The molecule has 1 atom stereocenters. The number of unbranched alkanes of at least 4 members (excludes halogenated alkanes) is 1. The Hall–Kier alpha value is -1.15. The van der Waals surface area contributed by atoms with Gasteiger partial charge in [-0.25, -0.2) is 4.79 Å². The van der Waals surface area contributed by atoms with Crippen LogP contribution in [-0.4, -0.2) is 35.0 Å². The van der Waals surface area contributed by atoms with E-state index in [1.165, 1.54) is 11.8 Å². The molecule has 14 heavy (non-hydrogen) atoms. The molecule has 4 nitrogen and oxygen atoms in total. The first-order valence-electron chi connectivity index (χ1n) is 4.16. The molecule has 0 aliphatic rings. The molecular weight excluding hydrogens is 202 g/mol. The van der Waals surface area contributed by atoms with Gasteiger partial charge in [-0.3, -0.25) is 4.79 Å². The van der Waals surface area contributed by atoms with Crippen LogP contribution in [0.2, 0.25) is 0 Å². The molecule has 1 amide bonds. The van der Waals surface area contributed by atoms with E-state index < -0.39 is 12.0 Å². The van der Waals surface area contributed by atoms with Gasteiger partial charge < -0.3 is 10.4 Å². The molecule has 0 bridgehead atoms. The fourth-order valence-electron chi connectivity index (χ4n) is 0.750. The minimum absolute atomic E-state index is 0.374. The van der Waals surface area contributed by atoms with Crippen LogP contribution in [0, 0.1) is 12.3 Å². The van der Waals surface area contributed by atoms with Crippen molar-refractivity contribution in [2.75, 3.05) is 11.5 Å². The van der Waals surface area contributed by atoms with Gasteiger partial charge in [-0.1, -0.05) is 0 Å². The molecule has 0 fully saturated rings. The van der Waals surface area contributed by atoms with Crippen molar-refractivity contribution in [1.82, 2.24) is 5.32 Å². The largest absolute Gasteiger partial charge is 0.480 e. The Bertz CT molecular complexity index is 225. The molecule has 0 saturated carbocycles. The topological polar surface area (TPSA) is 66.4 Å². The standard InChI is InChI=1S/C9H13NO3S/c1-2-3-4-5-14-6-8(9(12)13)10-7-11/h1,7-8H,3-6H2,(H,10,11)(H,12,13). The van der Waals surface area contributed by atoms with Gasteiger partial charge in [0.2, 0.25) is 6.41 Å². The zero-order chi connectivity index (χ0) is 10.8. The molecule has 1 unspecified atom stereocenters. The molecule has 5 heteroatoms. The second kappa shape index (κ2) is 8.45. The second-order valence-corrected chi connectivity index (χ2v) is 3.71. The molecule has 0 saturated heterocycles. The summed E-state index contributed by atoms with van der Waals surface area (Å²) in [5.74, 6) is 2.68. The summed E-state index contributed by atoms with van der Waals surface area (Å²) in [5.41, 5.74) is 0. The summed E-state index contributed by atoms with van der Waals surface area (Å²) in [7, 11) is 0. The molecule has 0 radical (unpaired) electrons. The van der Waals surface area contributed by atoms with E-state index in [1.54, 1.807) is 0 Å². The Morgan fingerprint density at radius 3 is 2.93 bits per heavy atom. The second-order valence-electron chi connectivity index (χ2n) is 2.56. The lowest BCUT2D eigenvalue weighted by Crippen LogP contribution is -2.37. The Kier molecular flexibility index (Phi) is 7.75. The van der Waals surface area contributed by atoms with Crippen molar-refractivity contribution in [3.63, 3.8) is 0 Å². The van der Waals surface area contributed by atoms with Gasteiger partial charge in [-0.15, -0.1) is 12.3 Å². The average molecular weight is 215 g/mol. The first kappa shape index (κ1) is 12.8. The van der Waals surface area contributed by atoms with Crippen LogP contribution < -0.4 is 5.32 Å². The molecule has 2 N–H and O–H groups in total. The number of thioether (sulfide) groups is 1. The van der Waals surface area contributed by atoms with Crippen molar-refractivity contribution < 1.29 is 14.7 Å². The van der Waals surface area contributed by atoms with Crippen LogP contribution in [0.5, 0.6) is 0 Å². The third-order valence-electron chi connectivity index (χ3n) is 1.46. The van der Waals surface area contributed by atoms with Crippen molar-refractivity contribution in [2.45, 2.75) is 18.9 Å². The maximum Gasteiger partial charge on any atom is 0.327 e. The predicted molar refractivity (Wildman–Crippen MR) is 56.0 cm³/mol. The molecule has 0 aliphatic heterocycles. The first-order chi connectivity index (χ1) is 6.72. The molecule has 0 spiro atoms. The van der Waals surface area contributed by atoms with E-state index in [-0.39, 0.29) is 0 Å². The fraction of sp³-hybridized carbons (Fsp3) is 0.556. The van der Waals surface area contributed by atoms with Crippen molar-refractivity contribution in [1.29, 1.82) is 0 Å². The molecule has 78 valence electrons. The lowest BCUT2D eigenvalue weighted by Gasteiger charge is -2.09. The normalized spacial score (nSPS) is 11.4. The summed E-state index contributed by atoms with van der Waals surface area (Å²) in [6.45, 7) is 0. The number of nitrogens with one attached hydrogen (secondary N) is 1. The number of carbonyl (C=O) groups is 2. The molecule has 0 aliphatic carbocycles. The van der Waals surface area contributed by atoms with E-state index in [1.807, 2.05) is 0 Å². The minimum Gasteiger partial charge on any atom is -0.480 e. The molecule has 0 heterocycles. The zero-order valence-corrected chi connectivity index (χ0v) is 8.55. The average Bonchev–Trinajstić information content (AvgIpc) is 2.15. The van der Waals surface area contributed by atoms with E-state index in [0.717, 1.165) is 12.2 Å². The van der Waals surface area contributed by atoms with Gasteiger partial charge in [0.1, 0.15) is 6.04 Å². The van der Waals surface area contributed by atoms with E-state index in [0.29, 0.717) is 18.6 Å². The zero-order valence-electron chi connectivity index (χ0n) is 7.73. The Balaban J connectivity index is 3.56. The van der Waals surface area contributed by atoms with Gasteiger partial charge in [-0.2, -0.15) is 11.8 Å². The highest BCUT2D eigenvalue weighted by Gasteiger charge is 2.15. The maximum atomic E-state index is 10.5. The predicted octanol–water partition coefficient (Wildman–Crippen LogP) is 0.332. The Labute approximate surface area is 87.4 Å². The lowest BCUT2D eigenvalue weighted by atomic mass is 10.3. The SMILES string of the molecule is C#CCCCSCC(NC=O)C(=O)O. The first-order valence-corrected chi connectivity index (χ1v) is 5.31. The maximum absolute atomic E-state index is 10.5. The summed E-state index contributed by atoms with van der Waals surface area (Å²) >= 11 is 1.47. The number of hydrogen-bond acceptors (Lipinski definition) is 3. The summed E-state index contributed by atoms with van der Waals surface area (Å²) < 4.78 is 0. The third kappa shape index (κ3) is 6.38. The van der Waals surface area contributed by atoms with Gasteiger partial charge in [0.15, 0.2) is 0 Å². The molecular formula is C9H13NO3S. The van der Waals surface area contributed by atoms with E-state index in [4.69, 9.17) is 11.5 Å². The van der Waals surface area contributed by atoms with Crippen LogP contribution in [-0.2, 0) is 9.59 Å². The van der Waals surface area contributed by atoms with Crippen LogP contribution in [0.25, 0.3) is 0 Å². The van der Waals surface area contributed by atoms with Crippen LogP contribution >= 0.6 is 11.8 Å². The number of terminal acetylenes is 1. The van der Waals surface area contributed by atoms with Crippen LogP contribution in [0.1, 0.15) is 12.8 Å². The smallest absolute Gasteiger partial charge is 0.327 e. The summed E-state index contributed by atoms with van der Waals surface area (Å²) in [6.07, 6.45) is 7.03. The molecule has 0 aromatic carbocycles. The highest BCUT2D eigenvalue weighted by Crippen LogP contribution is 2.06. The highest BCUT2D eigenvalue weighted by atomic mass is 32.2. The van der Waals surface area contributed by atoms with Crippen LogP contribution in [0.3, 0.4) is 0 Å². The van der Waals surface area contributed by atoms with E-state index in [2.05, 4.69) is 11.2 Å². The van der Waals surface area contributed by atoms with Crippen LogP contribution in [0.15, 0.2) is 0 Å². The van der Waals surface area contributed by atoms with Crippen molar-refractivity contribution in [3.8, 4) is 12.3 Å². The van der Waals surface area contributed by atoms with Gasteiger partial charge >= 0.3 is 5.97 Å². The van der Waals surface area contributed by atoms with Gasteiger partial charge in [0.25, 0.3) is 0 Å². The van der Waals surface area contributed by atoms with E-state index in [9.17, 15) is 9.59 Å². The Morgan fingerprint density at radius 2 is 2.43 bits per heavy atom. The fourth-order valence-corrected chi connectivity index (χ4v) is 1.74. The minimum atomic E-state index is -1.01. The number of amides is 1. The number of rotatable bonds is 8. The highest BCUT2D eigenvalue weighted by molar-refractivity contribution is 7.99. The molecule has 0 aromatic rings. The summed E-state index contributed by atoms with van der Waals surface area (Å²) in [5, 5.41) is 10.9. The monoisotopic (exact) mass is 215 g/mol. The van der Waals surface area contributed by atoms with Crippen LogP contribution in [0.4, 0.5) is 0 Å². The molecule has 0 rings (SSSR count). The van der Waals surface area contributed by atoms with Gasteiger partial charge in [0.05, 0.1) is 0 Å². The number of hydrogen-bond donors (Lipinski definition) is 2. The van der Waals surface area contributed by atoms with Gasteiger partial charge in [0, 0.05) is 12.2 Å². The van der Waals surface area contributed by atoms with Crippen molar-refractivity contribution >= 4 is 24.1 Å². The lowest BCUT2D eigenvalue weighted by molar-refractivity contribution is -0.139. The quantitative estimate of drug-likeness (QED) is 0.348. The summed E-state index contributed by atoms with van der Waals surface area (Å²) in [4.78, 5) is 20.6. The Morgan fingerprint density at radius 1 is 1.71 bits per heavy atom. The third-order valence-corrected chi connectivity index (χ3v) is 2.61. The number of carbonyl (C=O) groups excluding carboxylic acids is 1. The number of aliphatic carboxylic acids is 1. The summed E-state index contributed by atoms with van der Waals surface area (Å²) in [6, 6.07) is -0.802.